The van der Waals surface area contributed by atoms with Crippen LogP contribution in [0.1, 0.15) is 21.5 Å². The van der Waals surface area contributed by atoms with Crippen molar-refractivity contribution >= 4 is 45.1 Å². The summed E-state index contributed by atoms with van der Waals surface area (Å²) in [6.07, 6.45) is 0. The predicted molar refractivity (Wildman–Crippen MR) is 107 cm³/mol. The van der Waals surface area contributed by atoms with E-state index in [0.717, 1.165) is 11.1 Å². The van der Waals surface area contributed by atoms with E-state index in [4.69, 9.17) is 17.0 Å². The Morgan fingerprint density at radius 3 is 2.35 bits per heavy atom. The molecule has 0 heterocycles. The zero-order valence-electron chi connectivity index (χ0n) is 14.3. The first-order valence-electron chi connectivity index (χ1n) is 7.72. The minimum Gasteiger partial charge on any atom is -0.483 e. The first kappa shape index (κ1) is 19.9. The van der Waals surface area contributed by atoms with Gasteiger partial charge in [0.05, 0.1) is 5.56 Å². The molecule has 2 aromatic rings. The van der Waals surface area contributed by atoms with Crippen molar-refractivity contribution in [2.45, 2.75) is 13.8 Å². The summed E-state index contributed by atoms with van der Waals surface area (Å²) >= 11 is 8.29. The molecule has 0 unspecified atom stereocenters. The third-order valence-electron chi connectivity index (χ3n) is 3.42. The van der Waals surface area contributed by atoms with Crippen LogP contribution in [0.5, 0.6) is 5.75 Å². The molecule has 0 aromatic heterocycles. The summed E-state index contributed by atoms with van der Waals surface area (Å²) in [5.74, 6) is -0.145. The van der Waals surface area contributed by atoms with E-state index < -0.39 is 11.8 Å². The highest BCUT2D eigenvalue weighted by Gasteiger charge is 2.12. The molecule has 6 nitrogen and oxygen atoms in total. The van der Waals surface area contributed by atoms with Gasteiger partial charge in [-0.2, -0.15) is 0 Å². The Hall–Kier alpha value is -2.45. The fourth-order valence-corrected chi connectivity index (χ4v) is 2.78. The molecular formula is C18H18BrN3O3S. The summed E-state index contributed by atoms with van der Waals surface area (Å²) in [4.78, 5) is 24.0. The number of hydrazine groups is 1. The fraction of sp³-hybridized carbons (Fsp3) is 0.167. The van der Waals surface area contributed by atoms with Crippen LogP contribution in [0.4, 0.5) is 0 Å². The third kappa shape index (κ3) is 5.53. The Bertz CT molecular complexity index is 822. The number of carbonyl (C=O) groups excluding carboxylic acids is 2. The zero-order chi connectivity index (χ0) is 19.1. The van der Waals surface area contributed by atoms with Crippen LogP contribution in [0.3, 0.4) is 0 Å². The molecule has 136 valence electrons. The summed E-state index contributed by atoms with van der Waals surface area (Å²) in [5, 5.41) is 2.46. The van der Waals surface area contributed by atoms with Crippen molar-refractivity contribution in [3.63, 3.8) is 0 Å². The Balaban J connectivity index is 1.79. The molecular weight excluding hydrogens is 418 g/mol. The van der Waals surface area contributed by atoms with E-state index in [1.807, 2.05) is 32.0 Å². The Labute approximate surface area is 165 Å². The summed E-state index contributed by atoms with van der Waals surface area (Å²) in [7, 11) is 0. The van der Waals surface area contributed by atoms with Gasteiger partial charge in [0, 0.05) is 4.47 Å². The molecule has 8 heteroatoms. The number of amides is 2. The predicted octanol–water partition coefficient (Wildman–Crippen LogP) is 2.78. The number of hydrogen-bond acceptors (Lipinski definition) is 4. The third-order valence-corrected chi connectivity index (χ3v) is 4.31. The quantitative estimate of drug-likeness (QED) is 0.508. The number of rotatable bonds is 4. The molecule has 0 atom stereocenters. The van der Waals surface area contributed by atoms with Crippen LogP contribution >= 0.6 is 28.1 Å². The molecule has 3 N–H and O–H groups in total. The van der Waals surface area contributed by atoms with E-state index in [1.54, 1.807) is 24.3 Å². The molecule has 2 amide bonds. The van der Waals surface area contributed by atoms with E-state index >= 15 is 0 Å². The monoisotopic (exact) mass is 435 g/mol. The summed E-state index contributed by atoms with van der Waals surface area (Å²) in [6, 6.07) is 12.7. The lowest BCUT2D eigenvalue weighted by Crippen LogP contribution is -2.49. The Morgan fingerprint density at radius 2 is 1.69 bits per heavy atom. The van der Waals surface area contributed by atoms with Crippen molar-refractivity contribution in [2.75, 3.05) is 6.61 Å². The first-order valence-corrected chi connectivity index (χ1v) is 8.92. The maximum absolute atomic E-state index is 12.1. The maximum atomic E-state index is 12.1. The van der Waals surface area contributed by atoms with Gasteiger partial charge in [-0.3, -0.25) is 25.8 Å². The number of halogens is 1. The second kappa shape index (κ2) is 9.30. The minimum absolute atomic E-state index is 0.0221. The van der Waals surface area contributed by atoms with Gasteiger partial charge in [-0.15, -0.1) is 0 Å². The number of ether oxygens (including phenoxy) is 1. The number of aryl methyl sites for hydroxylation is 2. The smallest absolute Gasteiger partial charge is 0.276 e. The highest BCUT2D eigenvalue weighted by atomic mass is 79.9. The van der Waals surface area contributed by atoms with Crippen molar-refractivity contribution in [3.8, 4) is 5.75 Å². The van der Waals surface area contributed by atoms with Crippen molar-refractivity contribution in [1.29, 1.82) is 0 Å². The van der Waals surface area contributed by atoms with Crippen molar-refractivity contribution in [2.24, 2.45) is 0 Å². The Morgan fingerprint density at radius 1 is 1.04 bits per heavy atom. The summed E-state index contributed by atoms with van der Waals surface area (Å²) < 4.78 is 6.18. The number of thiocarbonyl (C=S) groups is 1. The fourth-order valence-electron chi connectivity index (χ4n) is 2.17. The van der Waals surface area contributed by atoms with Gasteiger partial charge in [-0.1, -0.05) is 30.3 Å². The van der Waals surface area contributed by atoms with Crippen LogP contribution in [-0.4, -0.2) is 23.5 Å². The van der Waals surface area contributed by atoms with E-state index in [2.05, 4.69) is 32.1 Å². The number of benzene rings is 2. The molecule has 0 saturated carbocycles. The van der Waals surface area contributed by atoms with Gasteiger partial charge in [0.1, 0.15) is 5.75 Å². The van der Waals surface area contributed by atoms with Gasteiger partial charge < -0.3 is 4.74 Å². The number of carbonyl (C=O) groups is 2. The lowest BCUT2D eigenvalue weighted by atomic mass is 10.1. The van der Waals surface area contributed by atoms with Gasteiger partial charge in [-0.05, 0) is 65.3 Å². The zero-order valence-corrected chi connectivity index (χ0v) is 16.7. The van der Waals surface area contributed by atoms with E-state index in [1.165, 1.54) is 0 Å². The van der Waals surface area contributed by atoms with Crippen LogP contribution < -0.4 is 20.9 Å². The van der Waals surface area contributed by atoms with Gasteiger partial charge >= 0.3 is 0 Å². The first-order chi connectivity index (χ1) is 12.4. The number of nitrogens with one attached hydrogen (secondary N) is 3. The van der Waals surface area contributed by atoms with Crippen molar-refractivity contribution in [3.05, 3.63) is 63.6 Å². The average molecular weight is 436 g/mol. The average Bonchev–Trinajstić information content (AvgIpc) is 2.60. The Kier molecular flexibility index (Phi) is 7.11. The topological polar surface area (TPSA) is 79.5 Å². The molecule has 2 aromatic carbocycles. The van der Waals surface area contributed by atoms with Crippen LogP contribution in [-0.2, 0) is 4.79 Å². The molecule has 2 rings (SSSR count). The SMILES string of the molecule is Cc1cccc(C)c1OCC(=O)NNC(=S)NC(=O)c1ccccc1Br. The second-order valence-electron chi connectivity index (χ2n) is 5.45. The molecule has 0 radical (unpaired) electrons. The van der Waals surface area contributed by atoms with Crippen LogP contribution in [0.15, 0.2) is 46.9 Å². The molecule has 0 bridgehead atoms. The van der Waals surface area contributed by atoms with Gasteiger partial charge in [0.25, 0.3) is 11.8 Å². The maximum Gasteiger partial charge on any atom is 0.276 e. The minimum atomic E-state index is -0.426. The van der Waals surface area contributed by atoms with Crippen molar-refractivity contribution in [1.82, 2.24) is 16.2 Å². The second-order valence-corrected chi connectivity index (χ2v) is 6.71. The van der Waals surface area contributed by atoms with Crippen LogP contribution in [0, 0.1) is 13.8 Å². The molecule has 0 fully saturated rings. The van der Waals surface area contributed by atoms with Gasteiger partial charge in [0.15, 0.2) is 11.7 Å². The van der Waals surface area contributed by atoms with E-state index in [9.17, 15) is 9.59 Å². The normalized spacial score (nSPS) is 9.96. The van der Waals surface area contributed by atoms with Gasteiger partial charge in [0.2, 0.25) is 0 Å². The van der Waals surface area contributed by atoms with Crippen molar-refractivity contribution < 1.29 is 14.3 Å². The highest BCUT2D eigenvalue weighted by Crippen LogP contribution is 2.21. The highest BCUT2D eigenvalue weighted by molar-refractivity contribution is 9.10. The lowest BCUT2D eigenvalue weighted by Gasteiger charge is -2.13. The molecule has 26 heavy (non-hydrogen) atoms. The lowest BCUT2D eigenvalue weighted by molar-refractivity contribution is -0.123. The van der Waals surface area contributed by atoms with Gasteiger partial charge in [-0.25, -0.2) is 0 Å². The number of para-hydroxylation sites is 1. The standard InChI is InChI=1S/C18H18BrN3O3S/c1-11-6-5-7-12(2)16(11)25-10-15(23)21-22-18(26)20-17(24)13-8-3-4-9-14(13)19/h3-9H,10H2,1-2H3,(H,21,23)(H2,20,22,24,26). The largest absolute Gasteiger partial charge is 0.483 e. The molecule has 0 spiro atoms. The molecule has 0 aliphatic rings. The summed E-state index contributed by atoms with van der Waals surface area (Å²) in [6.45, 7) is 3.63. The number of hydrogen-bond donors (Lipinski definition) is 3. The summed E-state index contributed by atoms with van der Waals surface area (Å²) in [5.41, 5.74) is 7.18. The van der Waals surface area contributed by atoms with Crippen LogP contribution in [0.2, 0.25) is 0 Å². The molecule has 0 aliphatic carbocycles. The van der Waals surface area contributed by atoms with Crippen LogP contribution in [0.25, 0.3) is 0 Å². The van der Waals surface area contributed by atoms with E-state index in [-0.39, 0.29) is 11.7 Å². The van der Waals surface area contributed by atoms with E-state index in [0.29, 0.717) is 15.8 Å². The molecule has 0 aliphatic heterocycles. The molecule has 0 saturated heterocycles.